The number of aromatic nitrogens is 1. The zero-order valence-electron chi connectivity index (χ0n) is 16.3. The van der Waals surface area contributed by atoms with Crippen molar-refractivity contribution in [3.05, 3.63) is 77.9 Å². The highest BCUT2D eigenvalue weighted by Crippen LogP contribution is 2.19. The van der Waals surface area contributed by atoms with E-state index >= 15 is 0 Å². The smallest absolute Gasteiger partial charge is 0.289 e. The minimum atomic E-state index is -1.21. The molecule has 0 radical (unpaired) electrons. The lowest BCUT2D eigenvalue weighted by molar-refractivity contribution is 0.0713. The van der Waals surface area contributed by atoms with Gasteiger partial charge >= 0.3 is 0 Å². The van der Waals surface area contributed by atoms with Crippen molar-refractivity contribution in [1.82, 2.24) is 9.88 Å². The highest BCUT2D eigenvalue weighted by atomic mass is 32.2. The number of amides is 1. The fourth-order valence-corrected chi connectivity index (χ4v) is 4.50. The van der Waals surface area contributed by atoms with Gasteiger partial charge in [-0.25, -0.2) is 4.98 Å². The Morgan fingerprint density at radius 2 is 1.90 bits per heavy atom. The highest BCUT2D eigenvalue weighted by molar-refractivity contribution is 7.84. The van der Waals surface area contributed by atoms with E-state index in [0.717, 1.165) is 29.4 Å². The van der Waals surface area contributed by atoms with Gasteiger partial charge in [-0.2, -0.15) is 0 Å². The molecule has 150 valence electrons. The molecule has 0 spiro atoms. The third-order valence-corrected chi connectivity index (χ3v) is 6.26. The first-order chi connectivity index (χ1) is 14.1. The predicted molar refractivity (Wildman–Crippen MR) is 112 cm³/mol. The van der Waals surface area contributed by atoms with Gasteiger partial charge in [0.15, 0.2) is 5.76 Å². The van der Waals surface area contributed by atoms with E-state index in [1.54, 1.807) is 23.2 Å². The van der Waals surface area contributed by atoms with Gasteiger partial charge in [-0.05, 0) is 48.9 Å². The molecule has 0 aliphatic carbocycles. The molecule has 0 saturated carbocycles. The lowest BCUT2D eigenvalue weighted by Crippen LogP contribution is -2.49. The van der Waals surface area contributed by atoms with Crippen LogP contribution in [0.3, 0.4) is 0 Å². The van der Waals surface area contributed by atoms with E-state index in [2.05, 4.69) is 9.88 Å². The quantitative estimate of drug-likeness (QED) is 0.647. The molecule has 4 rings (SSSR count). The summed E-state index contributed by atoms with van der Waals surface area (Å²) in [5.41, 5.74) is 1.07. The van der Waals surface area contributed by atoms with Crippen LogP contribution in [0.4, 0.5) is 5.82 Å². The van der Waals surface area contributed by atoms with Gasteiger partial charge in [0, 0.05) is 37.3 Å². The van der Waals surface area contributed by atoms with Crippen molar-refractivity contribution in [3.8, 4) is 0 Å². The Hall–Kier alpha value is -2.93. The van der Waals surface area contributed by atoms with Crippen LogP contribution in [-0.4, -0.2) is 46.2 Å². The second-order valence-electron chi connectivity index (χ2n) is 7.04. The number of pyridine rings is 1. The number of anilines is 1. The summed E-state index contributed by atoms with van der Waals surface area (Å²) in [4.78, 5) is 21.9. The molecule has 1 aliphatic heterocycles. The molecule has 3 heterocycles. The maximum Gasteiger partial charge on any atom is 0.289 e. The van der Waals surface area contributed by atoms with Crippen LogP contribution < -0.4 is 4.90 Å². The number of carbonyl (C=O) groups is 1. The summed E-state index contributed by atoms with van der Waals surface area (Å²) < 4.78 is 18.3. The Kier molecular flexibility index (Phi) is 5.76. The molecular weight excluding hydrogens is 386 g/mol. The van der Waals surface area contributed by atoms with Crippen LogP contribution >= 0.6 is 0 Å². The van der Waals surface area contributed by atoms with E-state index in [4.69, 9.17) is 4.42 Å². The summed E-state index contributed by atoms with van der Waals surface area (Å²) in [6, 6.07) is 16.9. The summed E-state index contributed by atoms with van der Waals surface area (Å²) >= 11 is 0. The lowest BCUT2D eigenvalue weighted by atomic mass is 10.2. The van der Waals surface area contributed by atoms with E-state index in [9.17, 15) is 9.00 Å². The summed E-state index contributed by atoms with van der Waals surface area (Å²) in [5.74, 6) is 1.91. The number of hydrogen-bond donors (Lipinski definition) is 0. The SMILES string of the molecule is Cc1cccc([S@](=O)Cc2ccc(C(=O)N3CCN(c4ccccn4)CC3)o2)c1. The first kappa shape index (κ1) is 19.4. The van der Waals surface area contributed by atoms with E-state index < -0.39 is 10.8 Å². The summed E-state index contributed by atoms with van der Waals surface area (Å²) in [7, 11) is -1.21. The maximum atomic E-state index is 12.8. The molecule has 1 atom stereocenters. The molecule has 0 N–H and O–H groups in total. The average Bonchev–Trinajstić information content (AvgIpc) is 3.22. The minimum Gasteiger partial charge on any atom is -0.455 e. The van der Waals surface area contributed by atoms with E-state index in [0.29, 0.717) is 24.6 Å². The number of aryl methyl sites for hydroxylation is 1. The molecule has 0 unspecified atom stereocenters. The van der Waals surface area contributed by atoms with Gasteiger partial charge in [0.2, 0.25) is 0 Å². The van der Waals surface area contributed by atoms with Crippen molar-refractivity contribution in [1.29, 1.82) is 0 Å². The van der Waals surface area contributed by atoms with Gasteiger partial charge in [0.25, 0.3) is 5.91 Å². The van der Waals surface area contributed by atoms with Crippen LogP contribution in [0.2, 0.25) is 0 Å². The van der Waals surface area contributed by atoms with Gasteiger partial charge in [-0.1, -0.05) is 18.2 Å². The van der Waals surface area contributed by atoms with Gasteiger partial charge in [-0.15, -0.1) is 0 Å². The second-order valence-corrected chi connectivity index (χ2v) is 8.49. The lowest BCUT2D eigenvalue weighted by Gasteiger charge is -2.34. The van der Waals surface area contributed by atoms with E-state index in [1.165, 1.54) is 0 Å². The Labute approximate surface area is 172 Å². The second kappa shape index (κ2) is 8.61. The molecule has 0 bridgehead atoms. The topological polar surface area (TPSA) is 66.7 Å². The van der Waals surface area contributed by atoms with Crippen LogP contribution in [0.1, 0.15) is 21.9 Å². The Bertz CT molecular complexity index is 1010. The van der Waals surface area contributed by atoms with E-state index in [-0.39, 0.29) is 11.7 Å². The molecule has 1 saturated heterocycles. The predicted octanol–water partition coefficient (Wildman–Crippen LogP) is 3.25. The highest BCUT2D eigenvalue weighted by Gasteiger charge is 2.25. The first-order valence-corrected chi connectivity index (χ1v) is 10.9. The molecule has 2 aromatic heterocycles. The third kappa shape index (κ3) is 4.56. The molecule has 29 heavy (non-hydrogen) atoms. The first-order valence-electron chi connectivity index (χ1n) is 9.59. The van der Waals surface area contributed by atoms with Gasteiger partial charge in [-0.3, -0.25) is 9.00 Å². The molecule has 7 heteroatoms. The van der Waals surface area contributed by atoms with E-state index in [1.807, 2.05) is 49.4 Å². The number of hydrogen-bond acceptors (Lipinski definition) is 5. The van der Waals surface area contributed by atoms with Crippen molar-refractivity contribution >= 4 is 22.5 Å². The fraction of sp³-hybridized carbons (Fsp3) is 0.273. The normalized spacial score (nSPS) is 15.3. The maximum absolute atomic E-state index is 12.8. The molecular formula is C22H23N3O3S. The van der Waals surface area contributed by atoms with Crippen molar-refractivity contribution in [2.45, 2.75) is 17.6 Å². The number of furan rings is 1. The van der Waals surface area contributed by atoms with Crippen molar-refractivity contribution in [3.63, 3.8) is 0 Å². The molecule has 1 aromatic carbocycles. The van der Waals surface area contributed by atoms with Crippen LogP contribution in [0, 0.1) is 6.92 Å². The standard InChI is InChI=1S/C22H23N3O3S/c1-17-5-4-6-19(15-17)29(27)16-18-8-9-20(28-18)22(26)25-13-11-24(12-14-25)21-7-2-3-10-23-21/h2-10,15H,11-14,16H2,1H3/t29-/m1/s1. The van der Waals surface area contributed by atoms with Gasteiger partial charge in [0.1, 0.15) is 11.6 Å². The zero-order chi connectivity index (χ0) is 20.2. The van der Waals surface area contributed by atoms with Gasteiger partial charge < -0.3 is 14.2 Å². The molecule has 3 aromatic rings. The number of benzene rings is 1. The monoisotopic (exact) mass is 409 g/mol. The van der Waals surface area contributed by atoms with Crippen molar-refractivity contribution in [2.75, 3.05) is 31.1 Å². The molecule has 1 aliphatic rings. The number of rotatable bonds is 5. The Morgan fingerprint density at radius 1 is 1.07 bits per heavy atom. The molecule has 1 amide bonds. The van der Waals surface area contributed by atoms with Crippen LogP contribution in [0.15, 0.2) is 70.1 Å². The Balaban J connectivity index is 1.36. The summed E-state index contributed by atoms with van der Waals surface area (Å²) in [6.45, 7) is 4.65. The zero-order valence-corrected chi connectivity index (χ0v) is 17.1. The van der Waals surface area contributed by atoms with Crippen molar-refractivity contribution in [2.24, 2.45) is 0 Å². The number of carbonyl (C=O) groups excluding carboxylic acids is 1. The third-order valence-electron chi connectivity index (χ3n) is 4.94. The van der Waals surface area contributed by atoms with Crippen LogP contribution in [0.25, 0.3) is 0 Å². The van der Waals surface area contributed by atoms with Gasteiger partial charge in [0.05, 0.1) is 16.6 Å². The minimum absolute atomic E-state index is 0.127. The van der Waals surface area contributed by atoms with Crippen molar-refractivity contribution < 1.29 is 13.4 Å². The fourth-order valence-electron chi connectivity index (χ4n) is 3.38. The number of nitrogens with zero attached hydrogens (tertiary/aromatic N) is 3. The number of piperazine rings is 1. The average molecular weight is 410 g/mol. The van der Waals surface area contributed by atoms with Crippen LogP contribution in [0.5, 0.6) is 0 Å². The summed E-state index contributed by atoms with van der Waals surface area (Å²) in [5, 5.41) is 0. The van der Waals surface area contributed by atoms with Crippen LogP contribution in [-0.2, 0) is 16.6 Å². The summed E-state index contributed by atoms with van der Waals surface area (Å²) in [6.07, 6.45) is 1.78. The largest absolute Gasteiger partial charge is 0.455 e. The molecule has 1 fully saturated rings. The molecule has 6 nitrogen and oxygen atoms in total. The Morgan fingerprint density at radius 3 is 2.62 bits per heavy atom.